The number of nitrogens with zero attached hydrogens (tertiary/aromatic N) is 11. The molecule has 0 saturated carbocycles. The topological polar surface area (TPSA) is 206 Å². The van der Waals surface area contributed by atoms with Crippen molar-refractivity contribution in [1.29, 1.82) is 0 Å². The molecule has 0 aliphatic carbocycles. The van der Waals surface area contributed by atoms with Crippen molar-refractivity contribution in [1.82, 2.24) is 38.9 Å². The third-order valence-corrected chi connectivity index (χ3v) is 10.9. The molecule has 0 aliphatic heterocycles. The van der Waals surface area contributed by atoms with Gasteiger partial charge in [-0.05, 0) is 81.4 Å². The Balaban J connectivity index is 0.000000216. The lowest BCUT2D eigenvalue weighted by molar-refractivity contribution is -0.384. The van der Waals surface area contributed by atoms with Crippen LogP contribution < -0.4 is 35.6 Å². The predicted molar refractivity (Wildman–Crippen MR) is 273 cm³/mol. The molecule has 19 heteroatoms. The average Bonchev–Trinajstić information content (AvgIpc) is 3.99. The van der Waals surface area contributed by atoms with E-state index in [9.17, 15) is 10.1 Å². The van der Waals surface area contributed by atoms with Crippen molar-refractivity contribution in [3.8, 4) is 23.1 Å². The van der Waals surface area contributed by atoms with Gasteiger partial charge in [0.25, 0.3) is 5.69 Å². The number of rotatable bonds is 17. The minimum atomic E-state index is -0.394. The molecule has 4 aromatic heterocycles. The quantitative estimate of drug-likeness (QED) is 0.0398. The molecule has 68 heavy (non-hydrogen) atoms. The first-order valence-electron chi connectivity index (χ1n) is 21.7. The van der Waals surface area contributed by atoms with Crippen molar-refractivity contribution in [3.05, 3.63) is 132 Å². The van der Waals surface area contributed by atoms with Crippen LogP contribution in [0.15, 0.2) is 122 Å². The number of para-hydroxylation sites is 2. The minimum absolute atomic E-state index is 0.0304. The Kier molecular flexibility index (Phi) is 16.7. The first kappa shape index (κ1) is 49.4. The molecule has 0 atom stereocenters. The Bertz CT molecular complexity index is 2940. The van der Waals surface area contributed by atoms with E-state index in [4.69, 9.17) is 25.3 Å². The summed E-state index contributed by atoms with van der Waals surface area (Å²) < 4.78 is 15.2. The molecule has 19 nitrogen and oxygen atoms in total. The Labute approximate surface area is 396 Å². The summed E-state index contributed by atoms with van der Waals surface area (Å²) in [6.45, 7) is 3.15. The maximum absolute atomic E-state index is 11.9. The summed E-state index contributed by atoms with van der Waals surface area (Å²) >= 11 is 0. The Hall–Kier alpha value is -8.00. The summed E-state index contributed by atoms with van der Waals surface area (Å²) in [5, 5.41) is 27.5. The number of ether oxygens (including phenoxy) is 2. The van der Waals surface area contributed by atoms with Crippen molar-refractivity contribution in [2.24, 2.45) is 0 Å². The van der Waals surface area contributed by atoms with Crippen LogP contribution in [0.25, 0.3) is 33.4 Å². The summed E-state index contributed by atoms with van der Waals surface area (Å²) in [5.74, 6) is 3.34. The number of anilines is 7. The van der Waals surface area contributed by atoms with Crippen molar-refractivity contribution in [2.45, 2.75) is 0 Å². The number of aliphatic hydroxyl groups is 1. The monoisotopic (exact) mass is 924 g/mol. The molecule has 0 radical (unpaired) electrons. The van der Waals surface area contributed by atoms with Gasteiger partial charge in [0.05, 0.1) is 52.9 Å². The highest BCUT2D eigenvalue weighted by Crippen LogP contribution is 2.39. The number of hydrogen-bond acceptors (Lipinski definition) is 16. The lowest BCUT2D eigenvalue weighted by Gasteiger charge is -2.24. The summed E-state index contributed by atoms with van der Waals surface area (Å²) in [6, 6.07) is 30.9. The molecule has 0 amide bonds. The summed E-state index contributed by atoms with van der Waals surface area (Å²) in [7, 11) is 16.0. The van der Waals surface area contributed by atoms with Crippen LogP contribution in [-0.2, 0) is 0 Å². The summed E-state index contributed by atoms with van der Waals surface area (Å²) in [5.41, 5.74) is 11.6. The number of nitrogens with one attached hydrogen (secondary N) is 2. The maximum Gasteiger partial charge on any atom is 0.294 e. The van der Waals surface area contributed by atoms with E-state index < -0.39 is 4.92 Å². The van der Waals surface area contributed by atoms with Gasteiger partial charge in [0, 0.05) is 90.4 Å². The molecule has 8 rings (SSSR count). The first-order chi connectivity index (χ1) is 32.8. The van der Waals surface area contributed by atoms with E-state index in [0.29, 0.717) is 58.5 Å². The molecule has 0 spiro atoms. The van der Waals surface area contributed by atoms with E-state index in [1.807, 2.05) is 120 Å². The Morgan fingerprint density at radius 2 is 1.07 bits per heavy atom. The van der Waals surface area contributed by atoms with Gasteiger partial charge in [-0.15, -0.1) is 0 Å². The number of fused-ring (bicyclic) bond motifs is 2. The number of likely N-dealkylation sites (N-methyl/N-ethyl adjacent to an activating group) is 4. The van der Waals surface area contributed by atoms with Crippen LogP contribution in [0, 0.1) is 10.1 Å². The highest BCUT2D eigenvalue weighted by Gasteiger charge is 2.23. The molecular weight excluding hydrogens is 865 g/mol. The molecule has 4 heterocycles. The zero-order chi connectivity index (χ0) is 48.9. The van der Waals surface area contributed by atoms with Crippen molar-refractivity contribution in [3.63, 3.8) is 0 Å². The third-order valence-electron chi connectivity index (χ3n) is 10.9. The summed E-state index contributed by atoms with van der Waals surface area (Å²) in [6.07, 6.45) is 7.33. The van der Waals surface area contributed by atoms with Crippen molar-refractivity contribution >= 4 is 67.8 Å². The van der Waals surface area contributed by atoms with E-state index in [1.54, 1.807) is 31.6 Å². The molecule has 0 fully saturated rings. The number of methoxy groups -OCH3 is 2. The van der Waals surface area contributed by atoms with Crippen molar-refractivity contribution in [2.75, 3.05) is 116 Å². The fourth-order valence-corrected chi connectivity index (χ4v) is 7.29. The van der Waals surface area contributed by atoms with Gasteiger partial charge < -0.3 is 59.7 Å². The highest BCUT2D eigenvalue weighted by molar-refractivity contribution is 5.83. The van der Waals surface area contributed by atoms with Gasteiger partial charge in [-0.25, -0.2) is 9.97 Å². The van der Waals surface area contributed by atoms with Gasteiger partial charge in [0.1, 0.15) is 28.8 Å². The number of nitrogen functional groups attached to an aromatic ring is 1. The number of nitro benzene ring substituents is 1. The van der Waals surface area contributed by atoms with Crippen LogP contribution in [0.1, 0.15) is 0 Å². The summed E-state index contributed by atoms with van der Waals surface area (Å²) in [4.78, 5) is 37.6. The number of benzene rings is 4. The van der Waals surface area contributed by atoms with Gasteiger partial charge in [-0.3, -0.25) is 10.1 Å². The Morgan fingerprint density at radius 1 is 0.632 bits per heavy atom. The van der Waals surface area contributed by atoms with Crippen LogP contribution in [-0.4, -0.2) is 139 Å². The number of nitro groups is 1. The highest BCUT2D eigenvalue weighted by atomic mass is 16.6. The minimum Gasteiger partial charge on any atom is -0.494 e. The molecule has 8 aromatic rings. The largest absolute Gasteiger partial charge is 0.494 e. The van der Waals surface area contributed by atoms with Crippen LogP contribution in [0.2, 0.25) is 0 Å². The second kappa shape index (κ2) is 22.9. The lowest BCUT2D eigenvalue weighted by atomic mass is 10.2. The van der Waals surface area contributed by atoms with Crippen molar-refractivity contribution < 1.29 is 19.5 Å². The van der Waals surface area contributed by atoms with Crippen LogP contribution in [0.3, 0.4) is 0 Å². The SMILES string of the molecule is CO.COc1cc(N(C)CCN(C)C)c(N)cc1Nc1nccc(-n2ccc3ccccc32)n1.COc1cc(N(C)CCN(C)C)c([N+](=O)[O-])cc1Nc1nccc(-n2ccc3ccccc32)n1. The zero-order valence-corrected chi connectivity index (χ0v) is 40.0. The van der Waals surface area contributed by atoms with E-state index in [1.165, 1.54) is 13.2 Å². The third kappa shape index (κ3) is 11.9. The van der Waals surface area contributed by atoms with Gasteiger partial charge in [0.15, 0.2) is 0 Å². The van der Waals surface area contributed by atoms with Gasteiger partial charge >= 0.3 is 0 Å². The lowest BCUT2D eigenvalue weighted by Crippen LogP contribution is -2.29. The van der Waals surface area contributed by atoms with E-state index in [0.717, 1.165) is 60.1 Å². The smallest absolute Gasteiger partial charge is 0.294 e. The predicted octanol–water partition coefficient (Wildman–Crippen LogP) is 7.44. The van der Waals surface area contributed by atoms with Crippen LogP contribution in [0.5, 0.6) is 11.5 Å². The second-order valence-corrected chi connectivity index (χ2v) is 16.1. The fourth-order valence-electron chi connectivity index (χ4n) is 7.29. The standard InChI is InChI=1S/C24H27N7O3.C24H29N7O.CH4O/c1-28(2)13-14-29(3)20-16-22(34-4)18(15-21(20)31(32)33)26-24-25-11-9-23(27-24)30-12-10-17-7-5-6-8-19(17)30;1-29(2)13-14-30(3)21-16-22(32-4)19(15-18(21)25)27-24-26-11-9-23(28-24)31-12-10-17-7-5-6-8-20(17)31;1-2/h5-12,15-16H,13-14H2,1-4H3,(H,25,26,27);5-12,15-16H,13-14,25H2,1-4H3,(H,26,27,28);2H,1H3. The molecule has 0 bridgehead atoms. The average molecular weight is 925 g/mol. The number of nitrogens with two attached hydrogens (primary N) is 1. The molecule has 5 N–H and O–H groups in total. The maximum atomic E-state index is 11.9. The van der Waals surface area contributed by atoms with Gasteiger partial charge in [-0.1, -0.05) is 36.4 Å². The first-order valence-corrected chi connectivity index (χ1v) is 21.7. The molecule has 356 valence electrons. The van der Waals surface area contributed by atoms with Gasteiger partial charge in [-0.2, -0.15) is 9.97 Å². The number of hydrogen-bond donors (Lipinski definition) is 4. The van der Waals surface area contributed by atoms with Crippen LogP contribution in [0.4, 0.5) is 46.0 Å². The zero-order valence-electron chi connectivity index (χ0n) is 40.0. The Morgan fingerprint density at radius 3 is 1.53 bits per heavy atom. The number of aromatic nitrogens is 6. The second-order valence-electron chi connectivity index (χ2n) is 16.1. The number of aliphatic hydroxyl groups excluding tert-OH is 1. The molecular formula is C49H60N14O5. The molecule has 0 saturated heterocycles. The van der Waals surface area contributed by atoms with E-state index >= 15 is 0 Å². The van der Waals surface area contributed by atoms with Gasteiger partial charge in [0.2, 0.25) is 11.9 Å². The molecule has 0 aliphatic rings. The molecule has 0 unspecified atom stereocenters. The normalized spacial score (nSPS) is 10.9. The van der Waals surface area contributed by atoms with E-state index in [-0.39, 0.29) is 5.69 Å². The van der Waals surface area contributed by atoms with E-state index in [2.05, 4.69) is 67.7 Å². The molecule has 4 aromatic carbocycles. The fraction of sp³-hybridized carbons (Fsp3) is 0.265. The van der Waals surface area contributed by atoms with Crippen LogP contribution >= 0.6 is 0 Å².